The number of benzene rings is 2. The smallest absolute Gasteiger partial charge is 0.130 e. The molecule has 0 radical (unpaired) electrons. The van der Waals surface area contributed by atoms with Gasteiger partial charge >= 0.3 is 0 Å². The number of nitrogens with one attached hydrogen (secondary N) is 1. The van der Waals surface area contributed by atoms with Crippen molar-refractivity contribution in [3.05, 3.63) is 78.1 Å². The predicted molar refractivity (Wildman–Crippen MR) is 93.3 cm³/mol. The van der Waals surface area contributed by atoms with Crippen LogP contribution in [0.25, 0.3) is 11.3 Å². The van der Waals surface area contributed by atoms with Crippen LogP contribution in [-0.2, 0) is 6.61 Å². The summed E-state index contributed by atoms with van der Waals surface area (Å²) in [7, 11) is 0. The fourth-order valence-corrected chi connectivity index (χ4v) is 2.39. The number of hydrogen-bond donors (Lipinski definition) is 3. The summed E-state index contributed by atoms with van der Waals surface area (Å²) in [5, 5.41) is 22.4. The molecule has 0 aliphatic rings. The van der Waals surface area contributed by atoms with Crippen molar-refractivity contribution in [2.75, 3.05) is 11.9 Å². The molecular formula is C19H19N3O2. The van der Waals surface area contributed by atoms with Gasteiger partial charge in [-0.15, -0.1) is 0 Å². The number of aromatic nitrogens is 2. The molecule has 0 aliphatic heterocycles. The van der Waals surface area contributed by atoms with E-state index in [1.54, 1.807) is 0 Å². The highest BCUT2D eigenvalue weighted by atomic mass is 16.3. The Morgan fingerprint density at radius 3 is 2.42 bits per heavy atom. The van der Waals surface area contributed by atoms with E-state index in [0.29, 0.717) is 12.4 Å². The molecule has 0 saturated carbocycles. The Kier molecular flexibility index (Phi) is 5.15. The van der Waals surface area contributed by atoms with Gasteiger partial charge in [0, 0.05) is 18.2 Å². The molecular weight excluding hydrogens is 302 g/mol. The second-order valence-corrected chi connectivity index (χ2v) is 5.45. The van der Waals surface area contributed by atoms with Crippen LogP contribution in [0.3, 0.4) is 0 Å². The van der Waals surface area contributed by atoms with Crippen LogP contribution < -0.4 is 5.32 Å². The zero-order valence-corrected chi connectivity index (χ0v) is 13.1. The fourth-order valence-electron chi connectivity index (χ4n) is 2.39. The molecule has 2 aromatic carbocycles. The normalized spacial score (nSPS) is 11.9. The molecule has 3 rings (SSSR count). The van der Waals surface area contributed by atoms with Crippen molar-refractivity contribution in [3.63, 3.8) is 0 Å². The summed E-state index contributed by atoms with van der Waals surface area (Å²) < 4.78 is 0. The van der Waals surface area contributed by atoms with E-state index < -0.39 is 6.10 Å². The SMILES string of the molecule is OCc1ccc(-c2cc(NCC(O)c3ccccc3)ncn2)cc1. The highest BCUT2D eigenvalue weighted by molar-refractivity contribution is 5.62. The van der Waals surface area contributed by atoms with E-state index in [4.69, 9.17) is 5.11 Å². The van der Waals surface area contributed by atoms with Crippen LogP contribution >= 0.6 is 0 Å². The lowest BCUT2D eigenvalue weighted by Crippen LogP contribution is -2.13. The quantitative estimate of drug-likeness (QED) is 0.651. The van der Waals surface area contributed by atoms with Crippen LogP contribution in [0.5, 0.6) is 0 Å². The molecule has 3 aromatic rings. The largest absolute Gasteiger partial charge is 0.392 e. The molecule has 5 heteroatoms. The van der Waals surface area contributed by atoms with Gasteiger partial charge in [0.05, 0.1) is 18.4 Å². The second-order valence-electron chi connectivity index (χ2n) is 5.45. The minimum Gasteiger partial charge on any atom is -0.392 e. The molecule has 0 amide bonds. The van der Waals surface area contributed by atoms with Gasteiger partial charge in [-0.2, -0.15) is 0 Å². The van der Waals surface area contributed by atoms with Crippen molar-refractivity contribution < 1.29 is 10.2 Å². The third-order valence-corrected chi connectivity index (χ3v) is 3.76. The third-order valence-electron chi connectivity index (χ3n) is 3.76. The molecule has 1 atom stereocenters. The molecule has 122 valence electrons. The summed E-state index contributed by atoms with van der Waals surface area (Å²) in [6.45, 7) is 0.387. The van der Waals surface area contributed by atoms with Gasteiger partial charge in [0.15, 0.2) is 0 Å². The monoisotopic (exact) mass is 321 g/mol. The van der Waals surface area contributed by atoms with E-state index in [1.807, 2.05) is 60.7 Å². The average Bonchev–Trinajstić information content (AvgIpc) is 2.67. The second kappa shape index (κ2) is 7.68. The van der Waals surface area contributed by atoms with Crippen LogP contribution in [0.2, 0.25) is 0 Å². The van der Waals surface area contributed by atoms with Crippen LogP contribution in [0, 0.1) is 0 Å². The number of anilines is 1. The topological polar surface area (TPSA) is 78.3 Å². The molecule has 24 heavy (non-hydrogen) atoms. The lowest BCUT2D eigenvalue weighted by atomic mass is 10.1. The summed E-state index contributed by atoms with van der Waals surface area (Å²) in [6, 6.07) is 18.9. The molecule has 1 heterocycles. The van der Waals surface area contributed by atoms with E-state index in [-0.39, 0.29) is 6.61 Å². The van der Waals surface area contributed by atoms with E-state index >= 15 is 0 Å². The molecule has 0 saturated heterocycles. The fraction of sp³-hybridized carbons (Fsp3) is 0.158. The van der Waals surface area contributed by atoms with Gasteiger partial charge in [0.25, 0.3) is 0 Å². The molecule has 5 nitrogen and oxygen atoms in total. The van der Waals surface area contributed by atoms with Gasteiger partial charge in [-0.1, -0.05) is 54.6 Å². The minimum absolute atomic E-state index is 0.0221. The van der Waals surface area contributed by atoms with Crippen molar-refractivity contribution in [2.45, 2.75) is 12.7 Å². The summed E-state index contributed by atoms with van der Waals surface area (Å²) in [5.74, 6) is 0.654. The molecule has 3 N–H and O–H groups in total. The van der Waals surface area contributed by atoms with Gasteiger partial charge in [-0.05, 0) is 11.1 Å². The zero-order chi connectivity index (χ0) is 16.8. The van der Waals surface area contributed by atoms with E-state index in [9.17, 15) is 5.11 Å². The van der Waals surface area contributed by atoms with Crippen molar-refractivity contribution in [3.8, 4) is 11.3 Å². The van der Waals surface area contributed by atoms with Gasteiger partial charge in [-0.25, -0.2) is 9.97 Å². The average molecular weight is 321 g/mol. The maximum absolute atomic E-state index is 10.2. The Morgan fingerprint density at radius 1 is 0.958 bits per heavy atom. The Bertz CT molecular complexity index is 776. The first-order chi connectivity index (χ1) is 11.8. The highest BCUT2D eigenvalue weighted by Gasteiger charge is 2.08. The Hall–Kier alpha value is -2.76. The summed E-state index contributed by atoms with van der Waals surface area (Å²) in [6.07, 6.45) is 0.889. The maximum atomic E-state index is 10.2. The number of hydrogen-bond acceptors (Lipinski definition) is 5. The first-order valence-electron chi connectivity index (χ1n) is 7.75. The van der Waals surface area contributed by atoms with Crippen molar-refractivity contribution in [1.82, 2.24) is 9.97 Å². The standard InChI is InChI=1S/C19H19N3O2/c23-12-14-6-8-15(9-7-14)17-10-19(22-13-21-17)20-11-18(24)16-4-2-1-3-5-16/h1-10,13,18,23-24H,11-12H2,(H,20,21,22). The molecule has 1 aromatic heterocycles. The van der Waals surface area contributed by atoms with Gasteiger partial charge < -0.3 is 15.5 Å². The van der Waals surface area contributed by atoms with Gasteiger partial charge in [0.2, 0.25) is 0 Å². The van der Waals surface area contributed by atoms with Crippen molar-refractivity contribution >= 4 is 5.82 Å². The van der Waals surface area contributed by atoms with Crippen LogP contribution in [0.1, 0.15) is 17.2 Å². The number of nitrogens with zero attached hydrogens (tertiary/aromatic N) is 2. The number of aliphatic hydroxyl groups is 2. The van der Waals surface area contributed by atoms with Crippen LogP contribution in [-0.4, -0.2) is 26.7 Å². The summed E-state index contributed by atoms with van der Waals surface area (Å²) >= 11 is 0. The molecule has 0 bridgehead atoms. The van der Waals surface area contributed by atoms with Crippen LogP contribution in [0.15, 0.2) is 67.0 Å². The van der Waals surface area contributed by atoms with Crippen molar-refractivity contribution in [1.29, 1.82) is 0 Å². The Morgan fingerprint density at radius 2 is 1.71 bits per heavy atom. The lowest BCUT2D eigenvalue weighted by Gasteiger charge is -2.13. The maximum Gasteiger partial charge on any atom is 0.130 e. The molecule has 0 spiro atoms. The Labute approximate surface area is 140 Å². The summed E-state index contributed by atoms with van der Waals surface area (Å²) in [4.78, 5) is 8.47. The number of aliphatic hydroxyl groups excluding tert-OH is 2. The predicted octanol–water partition coefficient (Wildman–Crippen LogP) is 2.78. The first-order valence-corrected chi connectivity index (χ1v) is 7.75. The van der Waals surface area contributed by atoms with Gasteiger partial charge in [0.1, 0.15) is 12.1 Å². The summed E-state index contributed by atoms with van der Waals surface area (Å²) in [5.41, 5.74) is 3.45. The molecule has 1 unspecified atom stereocenters. The Balaban J connectivity index is 1.68. The third kappa shape index (κ3) is 3.95. The number of rotatable bonds is 6. The molecule has 0 fully saturated rings. The minimum atomic E-state index is -0.603. The van der Waals surface area contributed by atoms with E-state index in [0.717, 1.165) is 22.4 Å². The van der Waals surface area contributed by atoms with Crippen molar-refractivity contribution in [2.24, 2.45) is 0 Å². The van der Waals surface area contributed by atoms with E-state index in [2.05, 4.69) is 15.3 Å². The highest BCUT2D eigenvalue weighted by Crippen LogP contribution is 2.20. The van der Waals surface area contributed by atoms with Gasteiger partial charge in [-0.3, -0.25) is 0 Å². The van der Waals surface area contributed by atoms with E-state index in [1.165, 1.54) is 6.33 Å². The molecule has 0 aliphatic carbocycles. The zero-order valence-electron chi connectivity index (χ0n) is 13.1. The lowest BCUT2D eigenvalue weighted by molar-refractivity contribution is 0.191. The first kappa shape index (κ1) is 16.1. The van der Waals surface area contributed by atoms with Crippen LogP contribution in [0.4, 0.5) is 5.82 Å².